The van der Waals surface area contributed by atoms with Crippen molar-refractivity contribution >= 4 is 28.1 Å². The van der Waals surface area contributed by atoms with Crippen molar-refractivity contribution in [2.75, 3.05) is 19.7 Å². The summed E-state index contributed by atoms with van der Waals surface area (Å²) >= 11 is 0. The van der Waals surface area contributed by atoms with Crippen LogP contribution in [0.15, 0.2) is 40.2 Å². The maximum atomic E-state index is 13.3. The molecule has 5 heterocycles. The molecular formula is C29H37N7O5. The number of rotatable bonds is 5. The highest BCUT2D eigenvalue weighted by Crippen LogP contribution is 2.44. The Morgan fingerprint density at radius 3 is 2.61 bits per heavy atom. The second-order valence-corrected chi connectivity index (χ2v) is 11.7. The maximum Gasteiger partial charge on any atom is 0.332 e. The Bertz CT molecular complexity index is 1750. The van der Waals surface area contributed by atoms with Gasteiger partial charge in [0.05, 0.1) is 35.6 Å². The monoisotopic (exact) mass is 563 g/mol. The first-order chi connectivity index (χ1) is 19.5. The minimum atomic E-state index is -1.25. The summed E-state index contributed by atoms with van der Waals surface area (Å²) in [6, 6.07) is 7.52. The van der Waals surface area contributed by atoms with Crippen molar-refractivity contribution in [1.82, 2.24) is 33.1 Å². The van der Waals surface area contributed by atoms with E-state index in [1.165, 1.54) is 17.9 Å². The lowest BCUT2D eigenvalue weighted by molar-refractivity contribution is -0.201. The third kappa shape index (κ3) is 4.49. The van der Waals surface area contributed by atoms with E-state index in [2.05, 4.69) is 16.5 Å². The molecular weight excluding hydrogens is 526 g/mol. The number of piperidine rings is 1. The molecule has 2 saturated heterocycles. The fraction of sp³-hybridized carbons (Fsp3) is 0.552. The molecule has 41 heavy (non-hydrogen) atoms. The van der Waals surface area contributed by atoms with Crippen LogP contribution in [0, 0.1) is 0 Å². The van der Waals surface area contributed by atoms with Gasteiger partial charge in [-0.3, -0.25) is 18.7 Å². The Labute approximate surface area is 236 Å². The lowest BCUT2D eigenvalue weighted by Crippen LogP contribution is -2.57. The summed E-state index contributed by atoms with van der Waals surface area (Å²) in [6.45, 7) is 5.55. The number of fused-ring (bicyclic) bond motifs is 2. The van der Waals surface area contributed by atoms with Gasteiger partial charge in [-0.1, -0.05) is 19.1 Å². The smallest absolute Gasteiger partial charge is 0.332 e. The highest BCUT2D eigenvalue weighted by molar-refractivity contribution is 5.78. The fourth-order valence-corrected chi connectivity index (χ4v) is 6.55. The standard InChI is InChI=1S/C29H37N7O5/c1-5-22-31-19-8-6-7-9-20(19)35(22)13-10-23(37)34-14-11-29(12-15-34)16-21(28(2,40)17-41-29)36-18-30-25-24(36)26(38)33(4)27(39)32(25)3/h6-9,18,21,40H,5,10-17H2,1-4H3/t21-,28-/m0/s1. The van der Waals surface area contributed by atoms with E-state index in [9.17, 15) is 19.5 Å². The molecule has 0 radical (unpaired) electrons. The van der Waals surface area contributed by atoms with Crippen LogP contribution >= 0.6 is 0 Å². The van der Waals surface area contributed by atoms with Gasteiger partial charge in [-0.25, -0.2) is 14.8 Å². The van der Waals surface area contributed by atoms with Crippen molar-refractivity contribution in [3.8, 4) is 0 Å². The van der Waals surface area contributed by atoms with Crippen LogP contribution in [0.3, 0.4) is 0 Å². The van der Waals surface area contributed by atoms with Gasteiger partial charge < -0.3 is 23.9 Å². The fourth-order valence-electron chi connectivity index (χ4n) is 6.55. The number of benzene rings is 1. The molecule has 2 atom stereocenters. The van der Waals surface area contributed by atoms with Crippen LogP contribution in [0.25, 0.3) is 22.2 Å². The lowest BCUT2D eigenvalue weighted by atomic mass is 9.77. The van der Waals surface area contributed by atoms with Crippen LogP contribution in [-0.2, 0) is 36.6 Å². The van der Waals surface area contributed by atoms with Crippen molar-refractivity contribution in [1.29, 1.82) is 0 Å². The van der Waals surface area contributed by atoms with E-state index in [0.717, 1.165) is 27.8 Å². The summed E-state index contributed by atoms with van der Waals surface area (Å²) in [5.41, 5.74) is -0.137. The Hall–Kier alpha value is -3.77. The molecule has 0 bridgehead atoms. The number of aliphatic hydroxyl groups is 1. The van der Waals surface area contributed by atoms with E-state index in [1.807, 2.05) is 29.2 Å². The number of imidazole rings is 2. The van der Waals surface area contributed by atoms with Crippen molar-refractivity contribution in [3.63, 3.8) is 0 Å². The molecule has 4 aromatic rings. The van der Waals surface area contributed by atoms with E-state index in [0.29, 0.717) is 45.3 Å². The molecule has 1 aromatic carbocycles. The molecule has 1 N–H and O–H groups in total. The largest absolute Gasteiger partial charge is 0.386 e. The first-order valence-electron chi connectivity index (χ1n) is 14.3. The summed E-state index contributed by atoms with van der Waals surface area (Å²) in [6.07, 6.45) is 4.44. The maximum absolute atomic E-state index is 13.3. The minimum absolute atomic E-state index is 0.0882. The molecule has 1 amide bonds. The molecule has 6 rings (SSSR count). The van der Waals surface area contributed by atoms with Crippen molar-refractivity contribution in [2.45, 2.75) is 69.7 Å². The molecule has 0 unspecified atom stereocenters. The Morgan fingerprint density at radius 1 is 1.15 bits per heavy atom. The number of likely N-dealkylation sites (tertiary alicyclic amines) is 1. The average molecular weight is 564 g/mol. The van der Waals surface area contributed by atoms with E-state index in [-0.39, 0.29) is 23.7 Å². The second kappa shape index (κ2) is 9.95. The predicted octanol–water partition coefficient (Wildman–Crippen LogP) is 1.51. The molecule has 3 aromatic heterocycles. The molecule has 0 saturated carbocycles. The Balaban J connectivity index is 1.18. The topological polar surface area (TPSA) is 129 Å². The number of ether oxygens (including phenoxy) is 1. The predicted molar refractivity (Wildman–Crippen MR) is 153 cm³/mol. The van der Waals surface area contributed by atoms with Gasteiger partial charge in [-0.05, 0) is 31.9 Å². The first-order valence-corrected chi connectivity index (χ1v) is 14.3. The number of nitrogens with zero attached hydrogens (tertiary/aromatic N) is 7. The van der Waals surface area contributed by atoms with E-state index in [1.54, 1.807) is 18.5 Å². The number of carbonyl (C=O) groups is 1. The van der Waals surface area contributed by atoms with Crippen LogP contribution in [0.5, 0.6) is 0 Å². The summed E-state index contributed by atoms with van der Waals surface area (Å²) in [4.78, 5) is 49.8. The zero-order chi connectivity index (χ0) is 29.1. The number of aryl methyl sites for hydroxylation is 3. The van der Waals surface area contributed by atoms with Crippen LogP contribution < -0.4 is 11.2 Å². The lowest BCUT2D eigenvalue weighted by Gasteiger charge is -2.51. The summed E-state index contributed by atoms with van der Waals surface area (Å²) in [5, 5.41) is 11.4. The molecule has 1 spiro atoms. The zero-order valence-corrected chi connectivity index (χ0v) is 24.0. The number of hydrogen-bond donors (Lipinski definition) is 1. The van der Waals surface area contributed by atoms with E-state index < -0.39 is 28.5 Å². The number of hydrogen-bond acceptors (Lipinski definition) is 7. The molecule has 2 aliphatic heterocycles. The van der Waals surface area contributed by atoms with Crippen LogP contribution in [0.2, 0.25) is 0 Å². The van der Waals surface area contributed by atoms with Crippen LogP contribution in [0.4, 0.5) is 0 Å². The van der Waals surface area contributed by atoms with Gasteiger partial charge in [0, 0.05) is 53.0 Å². The molecule has 12 heteroatoms. The van der Waals surface area contributed by atoms with Gasteiger partial charge in [0.2, 0.25) is 5.91 Å². The molecule has 218 valence electrons. The van der Waals surface area contributed by atoms with Crippen LogP contribution in [-0.4, -0.2) is 75.0 Å². The highest BCUT2D eigenvalue weighted by Gasteiger charge is 2.50. The second-order valence-electron chi connectivity index (χ2n) is 11.7. The van der Waals surface area contributed by atoms with Crippen molar-refractivity contribution in [3.05, 3.63) is 57.3 Å². The van der Waals surface area contributed by atoms with Gasteiger partial charge in [0.1, 0.15) is 11.4 Å². The Morgan fingerprint density at radius 2 is 1.88 bits per heavy atom. The number of carbonyl (C=O) groups excluding carboxylic acids is 1. The SMILES string of the molecule is CCc1nc2ccccc2n1CCC(=O)N1CCC2(CC1)C[C@H](n1cnc3c1c(=O)n(C)c(=O)n3C)[C@@](C)(O)CO2. The molecule has 12 nitrogen and oxygen atoms in total. The quantitative estimate of drug-likeness (QED) is 0.390. The molecule has 2 fully saturated rings. The third-order valence-corrected chi connectivity index (χ3v) is 9.09. The molecule has 0 aliphatic carbocycles. The van der Waals surface area contributed by atoms with Crippen molar-refractivity contribution in [2.24, 2.45) is 14.1 Å². The highest BCUT2D eigenvalue weighted by atomic mass is 16.5. The zero-order valence-electron chi connectivity index (χ0n) is 24.0. The van der Waals surface area contributed by atoms with Crippen molar-refractivity contribution < 1.29 is 14.6 Å². The number of aromatic nitrogens is 6. The third-order valence-electron chi connectivity index (χ3n) is 9.09. The van der Waals surface area contributed by atoms with Gasteiger partial charge in [0.25, 0.3) is 5.56 Å². The van der Waals surface area contributed by atoms with Crippen LogP contribution in [0.1, 0.15) is 51.4 Å². The van der Waals surface area contributed by atoms with E-state index in [4.69, 9.17) is 9.72 Å². The first kappa shape index (κ1) is 27.4. The van der Waals surface area contributed by atoms with Gasteiger partial charge in [0.15, 0.2) is 11.2 Å². The van der Waals surface area contributed by atoms with Gasteiger partial charge in [-0.15, -0.1) is 0 Å². The summed E-state index contributed by atoms with van der Waals surface area (Å²) in [5.74, 6) is 1.08. The number of amides is 1. The summed E-state index contributed by atoms with van der Waals surface area (Å²) < 4.78 is 12.6. The summed E-state index contributed by atoms with van der Waals surface area (Å²) in [7, 11) is 3.02. The molecule has 2 aliphatic rings. The van der Waals surface area contributed by atoms with Gasteiger partial charge in [-0.2, -0.15) is 0 Å². The Kier molecular flexibility index (Phi) is 6.65. The average Bonchev–Trinajstić information content (AvgIpc) is 3.57. The normalized spacial score (nSPS) is 22.7. The van der Waals surface area contributed by atoms with E-state index >= 15 is 0 Å². The minimum Gasteiger partial charge on any atom is -0.386 e. The number of para-hydroxylation sites is 2. The van der Waals surface area contributed by atoms with Gasteiger partial charge >= 0.3 is 5.69 Å².